The number of carbonyl (C=O) groups is 1. The van der Waals surface area contributed by atoms with Gasteiger partial charge in [-0.3, -0.25) is 0 Å². The molecule has 10 heavy (non-hydrogen) atoms. The zero-order chi connectivity index (χ0) is 7.98. The van der Waals surface area contributed by atoms with Crippen molar-refractivity contribution in [1.82, 2.24) is 0 Å². The van der Waals surface area contributed by atoms with Crippen molar-refractivity contribution >= 4 is 5.78 Å². The lowest BCUT2D eigenvalue weighted by molar-refractivity contribution is -0.117. The van der Waals surface area contributed by atoms with Crippen LogP contribution in [0.3, 0.4) is 0 Å². The summed E-state index contributed by atoms with van der Waals surface area (Å²) in [7, 11) is 0. The maximum absolute atomic E-state index is 10.4. The highest BCUT2D eigenvalue weighted by atomic mass is 16.1. The molecule has 0 saturated carbocycles. The van der Waals surface area contributed by atoms with Crippen molar-refractivity contribution in [2.75, 3.05) is 0 Å². The van der Waals surface area contributed by atoms with Crippen LogP contribution in [0.1, 0.15) is 33.1 Å². The average Bonchev–Trinajstić information content (AvgIpc) is 1.87. The Morgan fingerprint density at radius 3 is 2.70 bits per heavy atom. The van der Waals surface area contributed by atoms with E-state index in [0.29, 0.717) is 6.42 Å². The molecule has 1 unspecified atom stereocenters. The quantitative estimate of drug-likeness (QED) is 0.597. The third-order valence-electron chi connectivity index (χ3n) is 1.39. The van der Waals surface area contributed by atoms with E-state index in [1.165, 1.54) is 0 Å². The topological polar surface area (TPSA) is 40.9 Å². The van der Waals surface area contributed by atoms with Gasteiger partial charge in [-0.05, 0) is 26.7 Å². The van der Waals surface area contributed by atoms with Crippen molar-refractivity contribution in [1.29, 1.82) is 5.26 Å². The Kier molecular flexibility index (Phi) is 4.57. The van der Waals surface area contributed by atoms with Crippen LogP contribution in [0.5, 0.6) is 0 Å². The third kappa shape index (κ3) is 5.30. The maximum atomic E-state index is 10.4. The van der Waals surface area contributed by atoms with Crippen LogP contribution in [0.4, 0.5) is 0 Å². The number of ketones is 1. The van der Waals surface area contributed by atoms with Gasteiger partial charge in [0, 0.05) is 12.3 Å². The number of rotatable bonds is 4. The van der Waals surface area contributed by atoms with Gasteiger partial charge in [0.1, 0.15) is 5.78 Å². The number of hydrogen-bond donors (Lipinski definition) is 0. The summed E-state index contributed by atoms with van der Waals surface area (Å²) in [6.07, 6.45) is 2.31. The molecule has 1 atom stereocenters. The molecule has 0 aliphatic rings. The second-order valence-corrected chi connectivity index (χ2v) is 2.62. The van der Waals surface area contributed by atoms with Crippen LogP contribution >= 0.6 is 0 Å². The first-order valence-electron chi connectivity index (χ1n) is 3.56. The predicted octanol–water partition coefficient (Wildman–Crippen LogP) is 1.91. The van der Waals surface area contributed by atoms with Crippen molar-refractivity contribution in [2.45, 2.75) is 33.1 Å². The molecule has 0 aliphatic carbocycles. The van der Waals surface area contributed by atoms with Crippen LogP contribution in [0.2, 0.25) is 0 Å². The van der Waals surface area contributed by atoms with E-state index in [1.807, 2.05) is 6.92 Å². The van der Waals surface area contributed by atoms with E-state index < -0.39 is 0 Å². The predicted molar refractivity (Wildman–Crippen MR) is 39.3 cm³/mol. The van der Waals surface area contributed by atoms with Crippen LogP contribution in [0.15, 0.2) is 0 Å². The molecule has 0 N–H and O–H groups in total. The molecular formula is C8H13NO. The maximum Gasteiger partial charge on any atom is 0.129 e. The molecule has 0 radical (unpaired) electrons. The molecule has 0 aromatic carbocycles. The van der Waals surface area contributed by atoms with Crippen molar-refractivity contribution in [2.24, 2.45) is 5.92 Å². The first-order chi connectivity index (χ1) is 4.66. The van der Waals surface area contributed by atoms with Crippen LogP contribution in [0, 0.1) is 17.2 Å². The second-order valence-electron chi connectivity index (χ2n) is 2.62. The zero-order valence-corrected chi connectivity index (χ0v) is 6.55. The fourth-order valence-electron chi connectivity index (χ4n) is 0.722. The van der Waals surface area contributed by atoms with Crippen molar-refractivity contribution in [3.63, 3.8) is 0 Å². The molecule has 0 fully saturated rings. The van der Waals surface area contributed by atoms with Gasteiger partial charge in [0.25, 0.3) is 0 Å². The Hall–Kier alpha value is -0.840. The fraction of sp³-hybridized carbons (Fsp3) is 0.750. The molecule has 0 amide bonds. The molecule has 0 rings (SSSR count). The van der Waals surface area contributed by atoms with E-state index in [0.717, 1.165) is 12.8 Å². The van der Waals surface area contributed by atoms with E-state index in [2.05, 4.69) is 6.07 Å². The van der Waals surface area contributed by atoms with Gasteiger partial charge < -0.3 is 4.79 Å². The number of carbonyl (C=O) groups excluding carboxylic acids is 1. The molecule has 56 valence electrons. The largest absolute Gasteiger partial charge is 0.300 e. The molecular weight excluding hydrogens is 126 g/mol. The molecule has 2 nitrogen and oxygen atoms in total. The minimum Gasteiger partial charge on any atom is -0.300 e. The normalized spacial score (nSPS) is 12.1. The summed E-state index contributed by atoms with van der Waals surface area (Å²) in [5, 5.41) is 8.37. The van der Waals surface area contributed by atoms with Crippen LogP contribution in [-0.2, 0) is 4.79 Å². The van der Waals surface area contributed by atoms with E-state index in [1.54, 1.807) is 6.92 Å². The highest BCUT2D eigenvalue weighted by molar-refractivity contribution is 5.75. The summed E-state index contributed by atoms with van der Waals surface area (Å²) >= 11 is 0. The first kappa shape index (κ1) is 9.16. The lowest BCUT2D eigenvalue weighted by Crippen LogP contribution is -1.94. The molecule has 0 aromatic rings. The molecule has 0 spiro atoms. The minimum absolute atomic E-state index is 0.0966. The van der Waals surface area contributed by atoms with E-state index in [9.17, 15) is 4.79 Å². The summed E-state index contributed by atoms with van der Waals surface area (Å²) in [6.45, 7) is 3.46. The van der Waals surface area contributed by atoms with Crippen molar-refractivity contribution in [3.05, 3.63) is 0 Å². The third-order valence-corrected chi connectivity index (χ3v) is 1.39. The fourth-order valence-corrected chi connectivity index (χ4v) is 0.722. The summed E-state index contributed by atoms with van der Waals surface area (Å²) in [6, 6.07) is 2.13. The average molecular weight is 139 g/mol. The monoisotopic (exact) mass is 139 g/mol. The Balaban J connectivity index is 3.22. The summed E-state index contributed by atoms with van der Waals surface area (Å²) < 4.78 is 0. The van der Waals surface area contributed by atoms with Gasteiger partial charge in [0.2, 0.25) is 0 Å². The Morgan fingerprint density at radius 2 is 2.30 bits per heavy atom. The summed E-state index contributed by atoms with van der Waals surface area (Å²) in [5.41, 5.74) is 0. The molecule has 0 saturated heterocycles. The zero-order valence-electron chi connectivity index (χ0n) is 6.55. The molecule has 2 heteroatoms. The van der Waals surface area contributed by atoms with Crippen LogP contribution in [-0.4, -0.2) is 5.78 Å². The van der Waals surface area contributed by atoms with Gasteiger partial charge in [-0.25, -0.2) is 0 Å². The lowest BCUT2D eigenvalue weighted by Gasteiger charge is -1.98. The van der Waals surface area contributed by atoms with Gasteiger partial charge in [0.05, 0.1) is 6.07 Å². The minimum atomic E-state index is 0.0966. The van der Waals surface area contributed by atoms with Crippen molar-refractivity contribution < 1.29 is 4.79 Å². The standard InChI is InChI=1S/C8H13NO/c1-7(6-9)4-3-5-8(2)10/h7H,3-5H2,1-2H3. The SMILES string of the molecule is CC(=O)CCCC(C)C#N. The van der Waals surface area contributed by atoms with Crippen molar-refractivity contribution in [3.8, 4) is 6.07 Å². The Labute approximate surface area is 61.8 Å². The highest BCUT2D eigenvalue weighted by Crippen LogP contribution is 2.05. The molecule has 0 heterocycles. The smallest absolute Gasteiger partial charge is 0.129 e. The van der Waals surface area contributed by atoms with Gasteiger partial charge in [0.15, 0.2) is 0 Å². The van der Waals surface area contributed by atoms with Gasteiger partial charge in [-0.15, -0.1) is 0 Å². The van der Waals surface area contributed by atoms with Crippen LogP contribution in [0.25, 0.3) is 0 Å². The van der Waals surface area contributed by atoms with Gasteiger partial charge in [-0.1, -0.05) is 0 Å². The number of nitriles is 1. The van der Waals surface area contributed by atoms with Crippen LogP contribution < -0.4 is 0 Å². The van der Waals surface area contributed by atoms with E-state index in [4.69, 9.17) is 5.26 Å². The lowest BCUT2D eigenvalue weighted by atomic mass is 10.1. The summed E-state index contributed by atoms with van der Waals surface area (Å²) in [5.74, 6) is 0.310. The van der Waals surface area contributed by atoms with E-state index in [-0.39, 0.29) is 11.7 Å². The highest BCUT2D eigenvalue weighted by Gasteiger charge is 1.99. The molecule has 0 aliphatic heterocycles. The second kappa shape index (κ2) is 4.99. The Morgan fingerprint density at radius 1 is 1.70 bits per heavy atom. The first-order valence-corrected chi connectivity index (χ1v) is 3.56. The number of Topliss-reactive ketones (excluding diaryl/α,β-unsaturated/α-hetero) is 1. The number of nitrogens with zero attached hydrogens (tertiary/aromatic N) is 1. The van der Waals surface area contributed by atoms with E-state index >= 15 is 0 Å². The van der Waals surface area contributed by atoms with Gasteiger partial charge >= 0.3 is 0 Å². The Bertz CT molecular complexity index is 146. The van der Waals surface area contributed by atoms with Gasteiger partial charge in [-0.2, -0.15) is 5.26 Å². The molecule has 0 aromatic heterocycles. The summed E-state index contributed by atoms with van der Waals surface area (Å²) in [4.78, 5) is 10.4. The molecule has 0 bridgehead atoms. The number of hydrogen-bond acceptors (Lipinski definition) is 2.